The molecule has 0 N–H and O–H groups in total. The molecule has 0 aromatic heterocycles. The Bertz CT molecular complexity index is 396. The molecule has 1 atom stereocenters. The standard InChI is InChI=1S/C15H20O/c1-11(2)13-10-15(7-5-4-6-8-15)9-12(3)14(13)16/h4-5,9-11H,6-8H2,1-3H3. The van der Waals surface area contributed by atoms with Gasteiger partial charge in [0.15, 0.2) is 5.78 Å². The Morgan fingerprint density at radius 3 is 2.56 bits per heavy atom. The first-order valence-electron chi connectivity index (χ1n) is 6.16. The van der Waals surface area contributed by atoms with Gasteiger partial charge in [-0.05, 0) is 43.3 Å². The van der Waals surface area contributed by atoms with E-state index < -0.39 is 0 Å². The number of hydrogen-bond donors (Lipinski definition) is 0. The largest absolute Gasteiger partial charge is 0.289 e. The van der Waals surface area contributed by atoms with Gasteiger partial charge in [-0.3, -0.25) is 4.79 Å². The fourth-order valence-corrected chi connectivity index (χ4v) is 2.71. The van der Waals surface area contributed by atoms with Crippen LogP contribution in [0.5, 0.6) is 0 Å². The van der Waals surface area contributed by atoms with Crippen LogP contribution in [-0.2, 0) is 4.79 Å². The molecule has 86 valence electrons. The van der Waals surface area contributed by atoms with E-state index in [-0.39, 0.29) is 11.2 Å². The molecular weight excluding hydrogens is 196 g/mol. The van der Waals surface area contributed by atoms with Gasteiger partial charge in [-0.2, -0.15) is 0 Å². The third-order valence-corrected chi connectivity index (χ3v) is 3.63. The number of carbonyl (C=O) groups is 1. The molecule has 0 radical (unpaired) electrons. The molecule has 0 amide bonds. The minimum absolute atomic E-state index is 0.131. The van der Waals surface area contributed by atoms with Crippen molar-refractivity contribution < 1.29 is 4.79 Å². The fraction of sp³-hybridized carbons (Fsp3) is 0.533. The molecular formula is C15H20O. The van der Waals surface area contributed by atoms with E-state index in [9.17, 15) is 4.79 Å². The molecule has 0 saturated carbocycles. The van der Waals surface area contributed by atoms with E-state index in [4.69, 9.17) is 0 Å². The summed E-state index contributed by atoms with van der Waals surface area (Å²) in [6.07, 6.45) is 12.2. The first-order valence-corrected chi connectivity index (χ1v) is 6.16. The van der Waals surface area contributed by atoms with E-state index in [1.54, 1.807) is 0 Å². The van der Waals surface area contributed by atoms with Gasteiger partial charge in [0.2, 0.25) is 0 Å². The SMILES string of the molecule is CC1=CC2(C=C(C(C)C)C1=O)CC=CCC2. The number of Topliss-reactive ketones (excluding diaryl/α,β-unsaturated/α-hetero) is 1. The second-order valence-electron chi connectivity index (χ2n) is 5.36. The summed E-state index contributed by atoms with van der Waals surface area (Å²) in [5.41, 5.74) is 2.07. The average Bonchev–Trinajstić information content (AvgIpc) is 2.24. The molecule has 1 heteroatoms. The van der Waals surface area contributed by atoms with Crippen molar-refractivity contribution >= 4 is 5.78 Å². The lowest BCUT2D eigenvalue weighted by atomic mass is 9.70. The van der Waals surface area contributed by atoms with Crippen LogP contribution in [-0.4, -0.2) is 5.78 Å². The predicted molar refractivity (Wildman–Crippen MR) is 67.1 cm³/mol. The zero-order valence-corrected chi connectivity index (χ0v) is 10.4. The molecule has 1 unspecified atom stereocenters. The fourth-order valence-electron chi connectivity index (χ4n) is 2.71. The van der Waals surface area contributed by atoms with Crippen molar-refractivity contribution in [2.75, 3.05) is 0 Å². The monoisotopic (exact) mass is 216 g/mol. The van der Waals surface area contributed by atoms with E-state index in [0.29, 0.717) is 5.92 Å². The zero-order chi connectivity index (χ0) is 11.8. The Kier molecular flexibility index (Phi) is 2.88. The molecule has 2 rings (SSSR count). The molecule has 2 aliphatic rings. The molecule has 0 saturated heterocycles. The third-order valence-electron chi connectivity index (χ3n) is 3.63. The highest BCUT2D eigenvalue weighted by Crippen LogP contribution is 2.41. The molecule has 16 heavy (non-hydrogen) atoms. The summed E-state index contributed by atoms with van der Waals surface area (Å²) in [7, 11) is 0. The highest BCUT2D eigenvalue weighted by Gasteiger charge is 2.32. The number of rotatable bonds is 1. The number of carbonyl (C=O) groups excluding carboxylic acids is 1. The van der Waals surface area contributed by atoms with E-state index >= 15 is 0 Å². The maximum absolute atomic E-state index is 12.0. The lowest BCUT2D eigenvalue weighted by Crippen LogP contribution is -2.26. The molecule has 2 aliphatic carbocycles. The Morgan fingerprint density at radius 1 is 1.25 bits per heavy atom. The summed E-state index contributed by atoms with van der Waals surface area (Å²) in [6.45, 7) is 6.17. The van der Waals surface area contributed by atoms with Crippen molar-refractivity contribution in [1.82, 2.24) is 0 Å². The number of allylic oxidation sites excluding steroid dienone is 6. The molecule has 0 bridgehead atoms. The number of ketones is 1. The normalized spacial score (nSPS) is 29.6. The Balaban J connectivity index is 2.40. The molecule has 0 aromatic rings. The minimum Gasteiger partial charge on any atom is -0.289 e. The molecule has 1 spiro atoms. The van der Waals surface area contributed by atoms with E-state index in [2.05, 4.69) is 38.2 Å². The quantitative estimate of drug-likeness (QED) is 0.609. The summed E-state index contributed by atoms with van der Waals surface area (Å²) >= 11 is 0. The second-order valence-corrected chi connectivity index (χ2v) is 5.36. The summed E-state index contributed by atoms with van der Waals surface area (Å²) in [6, 6.07) is 0. The third kappa shape index (κ3) is 1.91. The van der Waals surface area contributed by atoms with Crippen molar-refractivity contribution in [3.63, 3.8) is 0 Å². The molecule has 1 nitrogen and oxygen atoms in total. The van der Waals surface area contributed by atoms with Gasteiger partial charge in [-0.1, -0.05) is 38.2 Å². The van der Waals surface area contributed by atoms with Crippen LogP contribution in [0.15, 0.2) is 35.5 Å². The van der Waals surface area contributed by atoms with Crippen LogP contribution in [0.4, 0.5) is 0 Å². The average molecular weight is 216 g/mol. The minimum atomic E-state index is 0.131. The topological polar surface area (TPSA) is 17.1 Å². The molecule has 0 heterocycles. The second kappa shape index (κ2) is 4.04. The predicted octanol–water partition coefficient (Wildman–Crippen LogP) is 3.82. The van der Waals surface area contributed by atoms with Gasteiger partial charge < -0.3 is 0 Å². The highest BCUT2D eigenvalue weighted by atomic mass is 16.1. The van der Waals surface area contributed by atoms with E-state index in [1.807, 2.05) is 6.92 Å². The lowest BCUT2D eigenvalue weighted by Gasteiger charge is -2.34. The Labute approximate surface area is 97.9 Å². The van der Waals surface area contributed by atoms with Crippen molar-refractivity contribution in [3.8, 4) is 0 Å². The van der Waals surface area contributed by atoms with Gasteiger partial charge in [-0.15, -0.1) is 0 Å². The Morgan fingerprint density at radius 2 is 2.00 bits per heavy atom. The summed E-state index contributed by atoms with van der Waals surface area (Å²) in [5, 5.41) is 0. The van der Waals surface area contributed by atoms with Crippen LogP contribution >= 0.6 is 0 Å². The van der Waals surface area contributed by atoms with Gasteiger partial charge in [0.05, 0.1) is 0 Å². The van der Waals surface area contributed by atoms with Gasteiger partial charge in [0, 0.05) is 5.41 Å². The first kappa shape index (κ1) is 11.4. The highest BCUT2D eigenvalue weighted by molar-refractivity contribution is 6.09. The van der Waals surface area contributed by atoms with Gasteiger partial charge >= 0.3 is 0 Å². The van der Waals surface area contributed by atoms with E-state index in [1.165, 1.54) is 0 Å². The van der Waals surface area contributed by atoms with Gasteiger partial charge in [0.1, 0.15) is 0 Å². The van der Waals surface area contributed by atoms with Crippen molar-refractivity contribution in [3.05, 3.63) is 35.5 Å². The van der Waals surface area contributed by atoms with Crippen LogP contribution in [0.1, 0.15) is 40.0 Å². The molecule has 0 aliphatic heterocycles. The zero-order valence-electron chi connectivity index (χ0n) is 10.4. The van der Waals surface area contributed by atoms with Crippen LogP contribution in [0.3, 0.4) is 0 Å². The van der Waals surface area contributed by atoms with Crippen molar-refractivity contribution in [2.24, 2.45) is 11.3 Å². The van der Waals surface area contributed by atoms with Gasteiger partial charge in [-0.25, -0.2) is 0 Å². The van der Waals surface area contributed by atoms with Gasteiger partial charge in [0.25, 0.3) is 0 Å². The van der Waals surface area contributed by atoms with E-state index in [0.717, 1.165) is 30.4 Å². The smallest absolute Gasteiger partial charge is 0.184 e. The van der Waals surface area contributed by atoms with Crippen LogP contribution < -0.4 is 0 Å². The van der Waals surface area contributed by atoms with Crippen LogP contribution in [0.25, 0.3) is 0 Å². The first-order chi connectivity index (χ1) is 7.54. The lowest BCUT2D eigenvalue weighted by molar-refractivity contribution is -0.112. The van der Waals surface area contributed by atoms with Crippen LogP contribution in [0, 0.1) is 11.3 Å². The summed E-state index contributed by atoms with van der Waals surface area (Å²) < 4.78 is 0. The molecule has 0 aromatic carbocycles. The maximum Gasteiger partial charge on any atom is 0.184 e. The molecule has 0 fully saturated rings. The van der Waals surface area contributed by atoms with Crippen LogP contribution in [0.2, 0.25) is 0 Å². The summed E-state index contributed by atoms with van der Waals surface area (Å²) in [4.78, 5) is 12.0. The van der Waals surface area contributed by atoms with Crippen molar-refractivity contribution in [2.45, 2.75) is 40.0 Å². The Hall–Kier alpha value is -1.11. The van der Waals surface area contributed by atoms with Crippen molar-refractivity contribution in [1.29, 1.82) is 0 Å². The summed E-state index contributed by atoms with van der Waals surface area (Å²) in [5.74, 6) is 0.578. The number of hydrogen-bond acceptors (Lipinski definition) is 1. The maximum atomic E-state index is 12.0.